The van der Waals surface area contributed by atoms with Crippen molar-refractivity contribution in [3.8, 4) is 0 Å². The molecule has 0 spiro atoms. The van der Waals surface area contributed by atoms with Crippen LogP contribution in [0.15, 0.2) is 24.3 Å². The zero-order chi connectivity index (χ0) is 9.97. The molecule has 1 heterocycles. The maximum Gasteiger partial charge on any atom is 0.121 e. The van der Waals surface area contributed by atoms with Gasteiger partial charge in [0, 0.05) is 0 Å². The van der Waals surface area contributed by atoms with Crippen LogP contribution in [-0.2, 0) is 0 Å². The molecule has 14 heavy (non-hydrogen) atoms. The van der Waals surface area contributed by atoms with Crippen molar-refractivity contribution in [1.29, 1.82) is 0 Å². The van der Waals surface area contributed by atoms with Gasteiger partial charge in [-0.25, -0.2) is 4.98 Å². The highest BCUT2D eigenvalue weighted by atomic mass is 32.1. The maximum absolute atomic E-state index is 5.35. The van der Waals surface area contributed by atoms with Crippen molar-refractivity contribution < 1.29 is 0 Å². The summed E-state index contributed by atoms with van der Waals surface area (Å²) >= 11 is 5.35. The Bertz CT molecular complexity index is 389. The molecule has 1 unspecified atom stereocenters. The Morgan fingerprint density at radius 1 is 1.43 bits per heavy atom. The molecule has 0 amide bonds. The zero-order valence-electron chi connectivity index (χ0n) is 8.16. The van der Waals surface area contributed by atoms with Crippen molar-refractivity contribution in [3.05, 3.63) is 30.1 Å². The van der Waals surface area contributed by atoms with Crippen molar-refractivity contribution in [3.63, 3.8) is 0 Å². The molecule has 1 aromatic heterocycles. The van der Waals surface area contributed by atoms with Gasteiger partial charge in [-0.2, -0.15) is 0 Å². The molecule has 0 aliphatic rings. The van der Waals surface area contributed by atoms with E-state index in [2.05, 4.69) is 16.9 Å². The molecule has 1 aromatic carbocycles. The van der Waals surface area contributed by atoms with Gasteiger partial charge in [0.15, 0.2) is 0 Å². The average molecular weight is 205 g/mol. The molecular weight excluding hydrogens is 192 g/mol. The van der Waals surface area contributed by atoms with Gasteiger partial charge in [-0.15, -0.1) is 0 Å². The SMILES string of the molecule is CCCC([S])c1nc2ccccc2[nH]1. The second-order valence-corrected chi connectivity index (χ2v) is 3.99. The number of aromatic amines is 1. The fourth-order valence-electron chi connectivity index (χ4n) is 1.52. The van der Waals surface area contributed by atoms with E-state index in [-0.39, 0.29) is 5.25 Å². The number of hydrogen-bond acceptors (Lipinski definition) is 1. The minimum atomic E-state index is 0.118. The normalized spacial score (nSPS) is 13.3. The van der Waals surface area contributed by atoms with Crippen LogP contribution in [0.4, 0.5) is 0 Å². The Morgan fingerprint density at radius 2 is 2.21 bits per heavy atom. The first kappa shape index (κ1) is 9.59. The molecular formula is C11H13N2S. The first-order valence-corrected chi connectivity index (χ1v) is 5.39. The van der Waals surface area contributed by atoms with E-state index in [0.29, 0.717) is 0 Å². The Hall–Kier alpha value is -0.960. The van der Waals surface area contributed by atoms with Crippen LogP contribution in [0.2, 0.25) is 0 Å². The van der Waals surface area contributed by atoms with E-state index >= 15 is 0 Å². The van der Waals surface area contributed by atoms with Crippen LogP contribution in [-0.4, -0.2) is 9.97 Å². The number of aromatic nitrogens is 2. The second-order valence-electron chi connectivity index (χ2n) is 3.42. The molecule has 0 aliphatic carbocycles. The number of nitrogens with zero attached hydrogens (tertiary/aromatic N) is 1. The highest BCUT2D eigenvalue weighted by Gasteiger charge is 2.10. The number of H-pyrrole nitrogens is 1. The van der Waals surface area contributed by atoms with Gasteiger partial charge in [0.25, 0.3) is 0 Å². The lowest BCUT2D eigenvalue weighted by Gasteiger charge is -2.02. The third kappa shape index (κ3) is 1.77. The number of benzene rings is 1. The van der Waals surface area contributed by atoms with Gasteiger partial charge in [-0.05, 0) is 18.6 Å². The highest BCUT2D eigenvalue weighted by molar-refractivity contribution is 7.80. The van der Waals surface area contributed by atoms with Crippen LogP contribution >= 0.6 is 12.6 Å². The fourth-order valence-corrected chi connectivity index (χ4v) is 1.87. The monoisotopic (exact) mass is 205 g/mol. The summed E-state index contributed by atoms with van der Waals surface area (Å²) in [4.78, 5) is 7.74. The van der Waals surface area contributed by atoms with E-state index in [9.17, 15) is 0 Å². The topological polar surface area (TPSA) is 28.7 Å². The molecule has 1 N–H and O–H groups in total. The lowest BCUT2D eigenvalue weighted by atomic mass is 10.2. The van der Waals surface area contributed by atoms with Crippen molar-refractivity contribution in [2.24, 2.45) is 0 Å². The van der Waals surface area contributed by atoms with Crippen molar-refractivity contribution in [2.75, 3.05) is 0 Å². The van der Waals surface area contributed by atoms with Crippen LogP contribution in [0.1, 0.15) is 30.8 Å². The van der Waals surface area contributed by atoms with Crippen LogP contribution in [0.3, 0.4) is 0 Å². The van der Waals surface area contributed by atoms with E-state index in [0.717, 1.165) is 29.7 Å². The number of hydrogen-bond donors (Lipinski definition) is 1. The van der Waals surface area contributed by atoms with Crippen LogP contribution in [0.5, 0.6) is 0 Å². The number of fused-ring (bicyclic) bond motifs is 1. The molecule has 0 fully saturated rings. The molecule has 1 radical (unpaired) electrons. The summed E-state index contributed by atoms with van der Waals surface area (Å²) < 4.78 is 0. The van der Waals surface area contributed by atoms with Crippen LogP contribution < -0.4 is 0 Å². The van der Waals surface area contributed by atoms with Gasteiger partial charge >= 0.3 is 0 Å². The average Bonchev–Trinajstić information content (AvgIpc) is 2.61. The van der Waals surface area contributed by atoms with E-state index in [1.165, 1.54) is 0 Å². The maximum atomic E-state index is 5.35. The fraction of sp³-hybridized carbons (Fsp3) is 0.364. The van der Waals surface area contributed by atoms with Gasteiger partial charge < -0.3 is 4.98 Å². The second kappa shape index (κ2) is 4.05. The van der Waals surface area contributed by atoms with E-state index < -0.39 is 0 Å². The summed E-state index contributed by atoms with van der Waals surface area (Å²) in [5.41, 5.74) is 2.09. The number of rotatable bonds is 3. The lowest BCUT2D eigenvalue weighted by Crippen LogP contribution is -1.92. The van der Waals surface area contributed by atoms with Gasteiger partial charge in [0.2, 0.25) is 0 Å². The summed E-state index contributed by atoms with van der Waals surface area (Å²) in [6, 6.07) is 8.02. The number of imidazole rings is 1. The minimum absolute atomic E-state index is 0.118. The zero-order valence-corrected chi connectivity index (χ0v) is 8.97. The summed E-state index contributed by atoms with van der Waals surface area (Å²) in [6.45, 7) is 2.14. The lowest BCUT2D eigenvalue weighted by molar-refractivity contribution is 0.752. The molecule has 2 nitrogen and oxygen atoms in total. The van der Waals surface area contributed by atoms with Crippen molar-refractivity contribution >= 4 is 23.7 Å². The van der Waals surface area contributed by atoms with Gasteiger partial charge in [0.1, 0.15) is 5.82 Å². The van der Waals surface area contributed by atoms with Crippen LogP contribution in [0.25, 0.3) is 11.0 Å². The number of nitrogens with one attached hydrogen (secondary N) is 1. The summed E-state index contributed by atoms with van der Waals surface area (Å²) in [6.07, 6.45) is 2.11. The smallest absolute Gasteiger partial charge is 0.121 e. The minimum Gasteiger partial charge on any atom is -0.341 e. The summed E-state index contributed by atoms with van der Waals surface area (Å²) in [5.74, 6) is 0.933. The molecule has 1 atom stereocenters. The molecule has 0 saturated carbocycles. The summed E-state index contributed by atoms with van der Waals surface area (Å²) in [7, 11) is 0. The van der Waals surface area contributed by atoms with Crippen LogP contribution in [0, 0.1) is 0 Å². The third-order valence-corrected chi connectivity index (χ3v) is 2.72. The Labute approximate surface area is 89.2 Å². The molecule has 2 aromatic rings. The van der Waals surface area contributed by atoms with E-state index in [1.54, 1.807) is 0 Å². The molecule has 3 heteroatoms. The quantitative estimate of drug-likeness (QED) is 0.814. The summed E-state index contributed by atoms with van der Waals surface area (Å²) in [5, 5.41) is 0.118. The van der Waals surface area contributed by atoms with Crippen molar-refractivity contribution in [1.82, 2.24) is 9.97 Å². The van der Waals surface area contributed by atoms with E-state index in [4.69, 9.17) is 12.6 Å². The molecule has 0 aliphatic heterocycles. The Kier molecular flexibility index (Phi) is 2.77. The predicted molar refractivity (Wildman–Crippen MR) is 61.3 cm³/mol. The first-order chi connectivity index (χ1) is 6.81. The Morgan fingerprint density at radius 3 is 2.93 bits per heavy atom. The highest BCUT2D eigenvalue weighted by Crippen LogP contribution is 2.24. The standard InChI is InChI=1S/C11H13N2S/c1-2-5-10(14)11-12-8-6-3-4-7-9(8)13-11/h3-4,6-7,10H,2,5H2,1H3,(H,12,13). The third-order valence-electron chi connectivity index (χ3n) is 2.26. The van der Waals surface area contributed by atoms with Gasteiger partial charge in [-0.3, -0.25) is 0 Å². The molecule has 0 bridgehead atoms. The molecule has 0 saturated heterocycles. The number of para-hydroxylation sites is 2. The van der Waals surface area contributed by atoms with Gasteiger partial charge in [-0.1, -0.05) is 38.1 Å². The van der Waals surface area contributed by atoms with Gasteiger partial charge in [0.05, 0.1) is 16.3 Å². The molecule has 2 rings (SSSR count). The Balaban J connectivity index is 2.35. The predicted octanol–water partition coefficient (Wildman–Crippen LogP) is 3.60. The van der Waals surface area contributed by atoms with E-state index in [1.807, 2.05) is 24.3 Å². The first-order valence-electron chi connectivity index (χ1n) is 4.91. The molecule has 73 valence electrons. The largest absolute Gasteiger partial charge is 0.341 e. The van der Waals surface area contributed by atoms with Crippen molar-refractivity contribution in [2.45, 2.75) is 25.0 Å².